The van der Waals surface area contributed by atoms with Gasteiger partial charge in [0, 0.05) is 25.7 Å². The molecule has 102 valence electrons. The highest BCUT2D eigenvalue weighted by Gasteiger charge is 2.37. The van der Waals surface area contributed by atoms with Gasteiger partial charge in [0.25, 0.3) is 0 Å². The summed E-state index contributed by atoms with van der Waals surface area (Å²) in [6.07, 6.45) is 2.30. The summed E-state index contributed by atoms with van der Waals surface area (Å²) in [5, 5.41) is 0. The summed E-state index contributed by atoms with van der Waals surface area (Å²) >= 11 is 0. The van der Waals surface area contributed by atoms with E-state index in [2.05, 4.69) is 32.6 Å². The minimum absolute atomic E-state index is 0.247. The Morgan fingerprint density at radius 2 is 2.06 bits per heavy atom. The molecule has 1 fully saturated rings. The monoisotopic (exact) mass is 242 g/mol. The second-order valence-corrected chi connectivity index (χ2v) is 6.49. The third kappa shape index (κ3) is 3.94. The van der Waals surface area contributed by atoms with E-state index in [1.807, 2.05) is 0 Å². The third-order valence-corrected chi connectivity index (χ3v) is 3.88. The van der Waals surface area contributed by atoms with Crippen LogP contribution in [0.5, 0.6) is 0 Å². The summed E-state index contributed by atoms with van der Waals surface area (Å²) in [5.74, 6) is 0.689. The maximum absolute atomic E-state index is 6.33. The zero-order chi connectivity index (χ0) is 13.1. The molecule has 0 aliphatic carbocycles. The number of rotatable bonds is 5. The fourth-order valence-electron chi connectivity index (χ4n) is 3.17. The number of nitrogens with zero attached hydrogens (tertiary/aromatic N) is 1. The van der Waals surface area contributed by atoms with Gasteiger partial charge in [-0.2, -0.15) is 0 Å². The largest absolute Gasteiger partial charge is 0.384 e. The lowest BCUT2D eigenvalue weighted by Gasteiger charge is -2.41. The van der Waals surface area contributed by atoms with Gasteiger partial charge in [0.1, 0.15) is 0 Å². The second-order valence-electron chi connectivity index (χ2n) is 6.49. The molecule has 1 heterocycles. The van der Waals surface area contributed by atoms with Gasteiger partial charge in [-0.15, -0.1) is 0 Å². The van der Waals surface area contributed by atoms with E-state index in [0.717, 1.165) is 19.6 Å². The van der Waals surface area contributed by atoms with Crippen LogP contribution in [0.15, 0.2) is 0 Å². The summed E-state index contributed by atoms with van der Waals surface area (Å²) in [6.45, 7) is 12.3. The number of likely N-dealkylation sites (tertiary alicyclic amines) is 1. The first kappa shape index (κ1) is 14.9. The number of methoxy groups -OCH3 is 1. The first-order valence-electron chi connectivity index (χ1n) is 6.88. The van der Waals surface area contributed by atoms with Gasteiger partial charge in [0.05, 0.1) is 6.61 Å². The molecule has 1 rings (SSSR count). The first-order chi connectivity index (χ1) is 7.90. The average Bonchev–Trinajstić information content (AvgIpc) is 2.64. The van der Waals surface area contributed by atoms with Crippen molar-refractivity contribution in [2.24, 2.45) is 17.1 Å². The predicted molar refractivity (Wildman–Crippen MR) is 73.1 cm³/mol. The van der Waals surface area contributed by atoms with E-state index in [4.69, 9.17) is 10.5 Å². The standard InChI is InChI=1S/C14H30N2O/c1-6-12(15)13(14(2,3)4)16-8-7-11(9-16)10-17-5/h11-13H,6-10,15H2,1-5H3. The molecule has 3 atom stereocenters. The molecule has 0 aromatic carbocycles. The normalized spacial score (nSPS) is 26.1. The molecular formula is C14H30N2O. The number of hydrogen-bond acceptors (Lipinski definition) is 3. The van der Waals surface area contributed by atoms with Crippen molar-refractivity contribution in [3.8, 4) is 0 Å². The lowest BCUT2D eigenvalue weighted by atomic mass is 9.80. The van der Waals surface area contributed by atoms with Gasteiger partial charge in [0.15, 0.2) is 0 Å². The van der Waals surface area contributed by atoms with Gasteiger partial charge in [-0.25, -0.2) is 0 Å². The Morgan fingerprint density at radius 1 is 1.41 bits per heavy atom. The zero-order valence-electron chi connectivity index (χ0n) is 12.2. The van der Waals surface area contributed by atoms with Crippen molar-refractivity contribution >= 4 is 0 Å². The highest BCUT2D eigenvalue weighted by atomic mass is 16.5. The van der Waals surface area contributed by atoms with Crippen LogP contribution < -0.4 is 5.73 Å². The quantitative estimate of drug-likeness (QED) is 0.802. The van der Waals surface area contributed by atoms with Gasteiger partial charge >= 0.3 is 0 Å². The van der Waals surface area contributed by atoms with Crippen molar-refractivity contribution in [2.45, 2.75) is 52.6 Å². The summed E-state index contributed by atoms with van der Waals surface area (Å²) in [4.78, 5) is 2.58. The van der Waals surface area contributed by atoms with E-state index in [1.165, 1.54) is 13.0 Å². The highest BCUT2D eigenvalue weighted by molar-refractivity contribution is 4.93. The molecular weight excluding hydrogens is 212 g/mol. The maximum atomic E-state index is 6.33. The fourth-order valence-corrected chi connectivity index (χ4v) is 3.17. The Hall–Kier alpha value is -0.120. The molecule has 3 nitrogen and oxygen atoms in total. The van der Waals surface area contributed by atoms with Crippen LogP contribution in [0.25, 0.3) is 0 Å². The zero-order valence-corrected chi connectivity index (χ0v) is 12.2. The van der Waals surface area contributed by atoms with E-state index in [9.17, 15) is 0 Å². The van der Waals surface area contributed by atoms with Crippen LogP contribution in [0.3, 0.4) is 0 Å². The summed E-state index contributed by atoms with van der Waals surface area (Å²) in [5.41, 5.74) is 6.58. The lowest BCUT2D eigenvalue weighted by molar-refractivity contribution is 0.0862. The van der Waals surface area contributed by atoms with Crippen LogP contribution in [0.4, 0.5) is 0 Å². The third-order valence-electron chi connectivity index (χ3n) is 3.88. The number of hydrogen-bond donors (Lipinski definition) is 1. The van der Waals surface area contributed by atoms with E-state index in [-0.39, 0.29) is 11.5 Å². The Kier molecular flexibility index (Phi) is 5.42. The smallest absolute Gasteiger partial charge is 0.0503 e. The van der Waals surface area contributed by atoms with Crippen LogP contribution >= 0.6 is 0 Å². The van der Waals surface area contributed by atoms with Crippen molar-refractivity contribution < 1.29 is 4.74 Å². The average molecular weight is 242 g/mol. The number of ether oxygens (including phenoxy) is 1. The molecule has 17 heavy (non-hydrogen) atoms. The van der Waals surface area contributed by atoms with Crippen molar-refractivity contribution in [1.29, 1.82) is 0 Å². The Bertz CT molecular complexity index is 225. The van der Waals surface area contributed by atoms with Crippen LogP contribution in [-0.2, 0) is 4.74 Å². The van der Waals surface area contributed by atoms with Gasteiger partial charge in [-0.1, -0.05) is 27.7 Å². The van der Waals surface area contributed by atoms with Gasteiger partial charge in [0.2, 0.25) is 0 Å². The Balaban J connectivity index is 2.66. The van der Waals surface area contributed by atoms with Gasteiger partial charge < -0.3 is 10.5 Å². The van der Waals surface area contributed by atoms with Crippen molar-refractivity contribution in [1.82, 2.24) is 4.90 Å². The molecule has 0 bridgehead atoms. The predicted octanol–water partition coefficient (Wildman–Crippen LogP) is 2.11. The van der Waals surface area contributed by atoms with Crippen molar-refractivity contribution in [3.05, 3.63) is 0 Å². The van der Waals surface area contributed by atoms with Crippen molar-refractivity contribution in [2.75, 3.05) is 26.8 Å². The molecule has 0 spiro atoms. The van der Waals surface area contributed by atoms with E-state index < -0.39 is 0 Å². The second kappa shape index (κ2) is 6.17. The molecule has 1 saturated heterocycles. The van der Waals surface area contributed by atoms with Crippen LogP contribution in [0, 0.1) is 11.3 Å². The Morgan fingerprint density at radius 3 is 2.53 bits per heavy atom. The van der Waals surface area contributed by atoms with Crippen LogP contribution in [0.1, 0.15) is 40.5 Å². The SMILES string of the molecule is CCC(N)C(N1CCC(COC)C1)C(C)(C)C. The molecule has 0 saturated carbocycles. The minimum Gasteiger partial charge on any atom is -0.384 e. The molecule has 0 aromatic rings. The lowest BCUT2D eigenvalue weighted by Crippen LogP contribution is -2.53. The summed E-state index contributed by atoms with van der Waals surface area (Å²) < 4.78 is 5.27. The minimum atomic E-state index is 0.247. The fraction of sp³-hybridized carbons (Fsp3) is 1.00. The van der Waals surface area contributed by atoms with Gasteiger partial charge in [-0.05, 0) is 30.7 Å². The summed E-state index contributed by atoms with van der Waals surface area (Å²) in [7, 11) is 1.79. The maximum Gasteiger partial charge on any atom is 0.0503 e. The molecule has 0 aromatic heterocycles. The topological polar surface area (TPSA) is 38.5 Å². The van der Waals surface area contributed by atoms with E-state index >= 15 is 0 Å². The molecule has 3 heteroatoms. The first-order valence-corrected chi connectivity index (χ1v) is 6.88. The molecule has 0 radical (unpaired) electrons. The van der Waals surface area contributed by atoms with E-state index in [0.29, 0.717) is 12.0 Å². The highest BCUT2D eigenvalue weighted by Crippen LogP contribution is 2.31. The molecule has 3 unspecified atom stereocenters. The summed E-state index contributed by atoms with van der Waals surface area (Å²) in [6, 6.07) is 0.755. The van der Waals surface area contributed by atoms with E-state index in [1.54, 1.807) is 7.11 Å². The van der Waals surface area contributed by atoms with Crippen LogP contribution in [0.2, 0.25) is 0 Å². The molecule has 0 amide bonds. The molecule has 2 N–H and O–H groups in total. The van der Waals surface area contributed by atoms with Gasteiger partial charge in [-0.3, -0.25) is 4.90 Å². The van der Waals surface area contributed by atoms with Crippen molar-refractivity contribution in [3.63, 3.8) is 0 Å². The molecule has 1 aliphatic rings. The number of nitrogens with two attached hydrogens (primary N) is 1. The molecule has 1 aliphatic heterocycles. The van der Waals surface area contributed by atoms with Crippen LogP contribution in [-0.4, -0.2) is 43.8 Å². The Labute approximate surface area is 107 Å².